The third-order valence-electron chi connectivity index (χ3n) is 1.44. The van der Waals surface area contributed by atoms with Gasteiger partial charge >= 0.3 is 5.97 Å². The molecule has 15 heavy (non-hydrogen) atoms. The number of ether oxygens (including phenoxy) is 2. The summed E-state index contributed by atoms with van der Waals surface area (Å²) in [5.41, 5.74) is 0. The SMILES string of the molecule is CCOC(=O)COCC#CC[Si](C)(C)C. The zero-order chi connectivity index (χ0) is 11.7. The van der Waals surface area contributed by atoms with E-state index in [1.807, 2.05) is 0 Å². The summed E-state index contributed by atoms with van der Waals surface area (Å²) in [5, 5.41) is 0. The van der Waals surface area contributed by atoms with Crippen molar-refractivity contribution in [1.82, 2.24) is 0 Å². The van der Waals surface area contributed by atoms with Crippen molar-refractivity contribution in [1.29, 1.82) is 0 Å². The van der Waals surface area contributed by atoms with Crippen molar-refractivity contribution in [3.05, 3.63) is 0 Å². The molecule has 0 aliphatic carbocycles. The Labute approximate surface area is 93.2 Å². The standard InChI is InChI=1S/C11H20O3Si/c1-5-14-11(12)10-13-8-6-7-9-15(2,3)4/h5,8-10H2,1-4H3. The number of carbonyl (C=O) groups is 1. The molecule has 0 bridgehead atoms. The second-order valence-corrected chi connectivity index (χ2v) is 9.86. The fourth-order valence-electron chi connectivity index (χ4n) is 0.767. The van der Waals surface area contributed by atoms with Crippen molar-refractivity contribution in [2.24, 2.45) is 0 Å². The molecule has 0 spiro atoms. The van der Waals surface area contributed by atoms with Crippen LogP contribution in [-0.4, -0.2) is 33.9 Å². The molecule has 0 amide bonds. The molecule has 3 nitrogen and oxygen atoms in total. The number of hydrogen-bond acceptors (Lipinski definition) is 3. The fraction of sp³-hybridized carbons (Fsp3) is 0.727. The highest BCUT2D eigenvalue weighted by Crippen LogP contribution is 2.05. The summed E-state index contributed by atoms with van der Waals surface area (Å²) in [6.07, 6.45) is 0. The summed E-state index contributed by atoms with van der Waals surface area (Å²) in [5.74, 6) is 5.63. The molecule has 0 aromatic rings. The van der Waals surface area contributed by atoms with Crippen LogP contribution in [0.25, 0.3) is 0 Å². The molecule has 0 rings (SSSR count). The first-order valence-corrected chi connectivity index (χ1v) is 8.85. The second-order valence-electron chi connectivity index (χ2n) is 4.39. The van der Waals surface area contributed by atoms with Crippen LogP contribution in [0.5, 0.6) is 0 Å². The fourth-order valence-corrected chi connectivity index (χ4v) is 1.42. The maximum atomic E-state index is 10.8. The van der Waals surface area contributed by atoms with E-state index in [1.165, 1.54) is 0 Å². The third-order valence-corrected chi connectivity index (χ3v) is 2.68. The van der Waals surface area contributed by atoms with Gasteiger partial charge in [0.15, 0.2) is 0 Å². The van der Waals surface area contributed by atoms with Crippen molar-refractivity contribution in [3.63, 3.8) is 0 Å². The lowest BCUT2D eigenvalue weighted by Crippen LogP contribution is -2.17. The van der Waals surface area contributed by atoms with E-state index in [9.17, 15) is 4.79 Å². The van der Waals surface area contributed by atoms with Crippen molar-refractivity contribution >= 4 is 14.0 Å². The highest BCUT2D eigenvalue weighted by molar-refractivity contribution is 6.76. The van der Waals surface area contributed by atoms with E-state index in [4.69, 9.17) is 9.47 Å². The molecule has 0 heterocycles. The number of rotatable bonds is 5. The van der Waals surface area contributed by atoms with Gasteiger partial charge in [0.05, 0.1) is 14.7 Å². The van der Waals surface area contributed by atoms with Gasteiger partial charge < -0.3 is 9.47 Å². The molecule has 0 aliphatic rings. The Balaban J connectivity index is 3.50. The van der Waals surface area contributed by atoms with Gasteiger partial charge in [-0.05, 0) is 6.92 Å². The van der Waals surface area contributed by atoms with E-state index in [0.29, 0.717) is 13.2 Å². The van der Waals surface area contributed by atoms with E-state index in [-0.39, 0.29) is 12.6 Å². The lowest BCUT2D eigenvalue weighted by molar-refractivity contribution is -0.147. The molecular weight excluding hydrogens is 208 g/mol. The normalized spacial score (nSPS) is 10.4. The average Bonchev–Trinajstić information content (AvgIpc) is 2.09. The molecule has 0 atom stereocenters. The van der Waals surface area contributed by atoms with Crippen molar-refractivity contribution in [2.45, 2.75) is 32.6 Å². The van der Waals surface area contributed by atoms with E-state index in [2.05, 4.69) is 31.5 Å². The highest BCUT2D eigenvalue weighted by atomic mass is 28.3. The van der Waals surface area contributed by atoms with Crippen LogP contribution in [0.15, 0.2) is 0 Å². The lowest BCUT2D eigenvalue weighted by atomic mass is 10.6. The first kappa shape index (κ1) is 14.2. The molecule has 0 saturated heterocycles. The van der Waals surface area contributed by atoms with Crippen LogP contribution in [0.4, 0.5) is 0 Å². The lowest BCUT2D eigenvalue weighted by Gasteiger charge is -2.09. The van der Waals surface area contributed by atoms with Gasteiger partial charge in [-0.2, -0.15) is 0 Å². The first-order valence-electron chi connectivity index (χ1n) is 5.15. The molecule has 0 N–H and O–H groups in total. The molecule has 86 valence electrons. The molecule has 0 aromatic carbocycles. The molecule has 0 saturated carbocycles. The van der Waals surface area contributed by atoms with E-state index >= 15 is 0 Å². The van der Waals surface area contributed by atoms with Gasteiger partial charge in [-0.25, -0.2) is 4.79 Å². The zero-order valence-corrected chi connectivity index (χ0v) is 11.1. The van der Waals surface area contributed by atoms with Crippen LogP contribution in [0.1, 0.15) is 6.92 Å². The van der Waals surface area contributed by atoms with Gasteiger partial charge in [-0.15, -0.1) is 5.92 Å². The van der Waals surface area contributed by atoms with Crippen LogP contribution in [-0.2, 0) is 14.3 Å². The van der Waals surface area contributed by atoms with Gasteiger partial charge in [0, 0.05) is 6.04 Å². The summed E-state index contributed by atoms with van der Waals surface area (Å²) >= 11 is 0. The van der Waals surface area contributed by atoms with Gasteiger partial charge in [0.25, 0.3) is 0 Å². The predicted molar refractivity (Wildman–Crippen MR) is 63.4 cm³/mol. The Hall–Kier alpha value is -0.793. The van der Waals surface area contributed by atoms with Gasteiger partial charge in [-0.1, -0.05) is 25.6 Å². The van der Waals surface area contributed by atoms with E-state index in [0.717, 1.165) is 6.04 Å². The smallest absolute Gasteiger partial charge is 0.332 e. The van der Waals surface area contributed by atoms with Crippen LogP contribution in [0, 0.1) is 11.8 Å². The molecule has 0 aliphatic heterocycles. The van der Waals surface area contributed by atoms with E-state index < -0.39 is 8.07 Å². The average molecular weight is 228 g/mol. The Morgan fingerprint density at radius 1 is 1.27 bits per heavy atom. The summed E-state index contributed by atoms with van der Waals surface area (Å²) in [4.78, 5) is 10.8. The Kier molecular flexibility index (Phi) is 7.10. The van der Waals surface area contributed by atoms with Crippen molar-refractivity contribution in [3.8, 4) is 11.8 Å². The maximum Gasteiger partial charge on any atom is 0.332 e. The summed E-state index contributed by atoms with van der Waals surface area (Å²) in [6, 6.07) is 0.968. The third kappa shape index (κ3) is 11.1. The largest absolute Gasteiger partial charge is 0.464 e. The maximum absolute atomic E-state index is 10.8. The van der Waals surface area contributed by atoms with Gasteiger partial charge in [0.2, 0.25) is 0 Å². The number of carbonyl (C=O) groups excluding carboxylic acids is 1. The Bertz CT molecular complexity index is 245. The minimum atomic E-state index is -1.07. The van der Waals surface area contributed by atoms with Gasteiger partial charge in [-0.3, -0.25) is 0 Å². The van der Waals surface area contributed by atoms with Crippen LogP contribution >= 0.6 is 0 Å². The first-order chi connectivity index (χ1) is 6.95. The van der Waals surface area contributed by atoms with E-state index in [1.54, 1.807) is 6.92 Å². The van der Waals surface area contributed by atoms with Crippen molar-refractivity contribution in [2.75, 3.05) is 19.8 Å². The Morgan fingerprint density at radius 3 is 2.47 bits per heavy atom. The number of hydrogen-bond donors (Lipinski definition) is 0. The number of esters is 1. The minimum absolute atomic E-state index is 0.00450. The molecular formula is C11H20O3Si. The summed E-state index contributed by atoms with van der Waals surface area (Å²) in [7, 11) is -1.07. The van der Waals surface area contributed by atoms with Gasteiger partial charge in [0.1, 0.15) is 13.2 Å². The van der Waals surface area contributed by atoms with Crippen LogP contribution in [0.2, 0.25) is 25.7 Å². The van der Waals surface area contributed by atoms with Crippen LogP contribution < -0.4 is 0 Å². The predicted octanol–water partition coefficient (Wildman–Crippen LogP) is 1.91. The molecule has 0 aromatic heterocycles. The van der Waals surface area contributed by atoms with Crippen molar-refractivity contribution < 1.29 is 14.3 Å². The quantitative estimate of drug-likeness (QED) is 0.312. The zero-order valence-electron chi connectivity index (χ0n) is 10.1. The minimum Gasteiger partial charge on any atom is -0.464 e. The monoisotopic (exact) mass is 228 g/mol. The summed E-state index contributed by atoms with van der Waals surface area (Å²) < 4.78 is 9.73. The molecule has 0 unspecified atom stereocenters. The highest BCUT2D eigenvalue weighted by Gasteiger charge is 2.09. The molecule has 0 radical (unpaired) electrons. The molecule has 4 heteroatoms. The molecule has 0 fully saturated rings. The topological polar surface area (TPSA) is 35.5 Å². The van der Waals surface area contributed by atoms with Crippen LogP contribution in [0.3, 0.4) is 0 Å². The Morgan fingerprint density at radius 2 is 1.93 bits per heavy atom. The summed E-state index contributed by atoms with van der Waals surface area (Å²) in [6.45, 7) is 9.26. The second kappa shape index (κ2) is 7.49.